The molecule has 0 saturated carbocycles. The molecular weight excluding hydrogens is 256 g/mol. The largest absolute Gasteiger partial charge is 0.389 e. The lowest BCUT2D eigenvalue weighted by Crippen LogP contribution is -2.39. The molecule has 110 valence electrons. The third-order valence-corrected chi connectivity index (χ3v) is 2.88. The van der Waals surface area contributed by atoms with E-state index in [1.54, 1.807) is 20.0 Å². The number of fused-ring (bicyclic) bond motifs is 1. The lowest BCUT2D eigenvalue weighted by molar-refractivity contribution is 0.0875. The Bertz CT molecular complexity index is 574. The van der Waals surface area contributed by atoms with Crippen LogP contribution in [-0.4, -0.2) is 50.5 Å². The Kier molecular flexibility index (Phi) is 4.08. The fourth-order valence-corrected chi connectivity index (χ4v) is 2.10. The molecule has 0 bridgehead atoms. The van der Waals surface area contributed by atoms with E-state index in [2.05, 4.69) is 25.5 Å². The highest BCUT2D eigenvalue weighted by Crippen LogP contribution is 2.25. The van der Waals surface area contributed by atoms with Gasteiger partial charge in [-0.3, -0.25) is 5.10 Å². The van der Waals surface area contributed by atoms with Crippen molar-refractivity contribution in [3.8, 4) is 0 Å². The SMILES string of the molecule is CCNc1nc(N(CC)CC(C)(C)O)c2cn[nH]c2n1. The van der Waals surface area contributed by atoms with E-state index in [1.807, 2.05) is 18.7 Å². The Balaban J connectivity index is 2.46. The van der Waals surface area contributed by atoms with Crippen molar-refractivity contribution < 1.29 is 5.11 Å². The van der Waals surface area contributed by atoms with Crippen molar-refractivity contribution in [2.75, 3.05) is 29.9 Å². The molecule has 0 fully saturated rings. The first kappa shape index (κ1) is 14.5. The smallest absolute Gasteiger partial charge is 0.226 e. The van der Waals surface area contributed by atoms with Crippen LogP contribution in [0.1, 0.15) is 27.7 Å². The van der Waals surface area contributed by atoms with E-state index < -0.39 is 5.60 Å². The van der Waals surface area contributed by atoms with Crippen LogP contribution in [0.4, 0.5) is 11.8 Å². The van der Waals surface area contributed by atoms with Gasteiger partial charge in [0, 0.05) is 19.6 Å². The van der Waals surface area contributed by atoms with Crippen LogP contribution in [0.5, 0.6) is 0 Å². The summed E-state index contributed by atoms with van der Waals surface area (Å²) in [7, 11) is 0. The minimum atomic E-state index is -0.796. The second-order valence-electron chi connectivity index (χ2n) is 5.36. The van der Waals surface area contributed by atoms with Crippen molar-refractivity contribution in [2.45, 2.75) is 33.3 Å². The van der Waals surface area contributed by atoms with Gasteiger partial charge in [0.15, 0.2) is 5.65 Å². The summed E-state index contributed by atoms with van der Waals surface area (Å²) in [6, 6.07) is 0. The van der Waals surface area contributed by atoms with Crippen LogP contribution in [0.2, 0.25) is 0 Å². The molecule has 2 aromatic rings. The molecule has 0 radical (unpaired) electrons. The van der Waals surface area contributed by atoms with Crippen LogP contribution in [0, 0.1) is 0 Å². The third kappa shape index (κ3) is 3.16. The molecule has 2 rings (SSSR count). The standard InChI is InChI=1S/C13H22N6O/c1-5-14-12-16-10-9(7-15-18-10)11(17-12)19(6-2)8-13(3,4)20/h7,20H,5-6,8H2,1-4H3,(H2,14,15,16,17,18). The van der Waals surface area contributed by atoms with Crippen molar-refractivity contribution in [1.82, 2.24) is 20.2 Å². The summed E-state index contributed by atoms with van der Waals surface area (Å²) in [5, 5.41) is 20.9. The molecule has 7 nitrogen and oxygen atoms in total. The van der Waals surface area contributed by atoms with Crippen molar-refractivity contribution in [3.63, 3.8) is 0 Å². The Hall–Kier alpha value is -1.89. The number of aromatic nitrogens is 4. The number of hydrogen-bond acceptors (Lipinski definition) is 6. The zero-order chi connectivity index (χ0) is 14.8. The van der Waals surface area contributed by atoms with E-state index >= 15 is 0 Å². The number of rotatable bonds is 6. The quantitative estimate of drug-likeness (QED) is 0.739. The molecule has 0 aliphatic carbocycles. The molecular formula is C13H22N6O. The van der Waals surface area contributed by atoms with E-state index in [0.29, 0.717) is 18.1 Å². The first-order chi connectivity index (χ1) is 9.44. The molecule has 0 atom stereocenters. The number of H-pyrrole nitrogens is 1. The van der Waals surface area contributed by atoms with Gasteiger partial charge in [-0.15, -0.1) is 0 Å². The number of anilines is 2. The Labute approximate surface area is 118 Å². The second-order valence-corrected chi connectivity index (χ2v) is 5.36. The Morgan fingerprint density at radius 3 is 2.70 bits per heavy atom. The van der Waals surface area contributed by atoms with E-state index in [1.165, 1.54) is 0 Å². The Morgan fingerprint density at radius 1 is 1.35 bits per heavy atom. The molecule has 2 heterocycles. The van der Waals surface area contributed by atoms with E-state index in [4.69, 9.17) is 0 Å². The third-order valence-electron chi connectivity index (χ3n) is 2.88. The summed E-state index contributed by atoms with van der Waals surface area (Å²) in [4.78, 5) is 10.9. The minimum absolute atomic E-state index is 0.492. The predicted octanol–water partition coefficient (Wildman–Crippen LogP) is 1.38. The van der Waals surface area contributed by atoms with Crippen molar-refractivity contribution in [2.24, 2.45) is 0 Å². The molecule has 7 heteroatoms. The summed E-state index contributed by atoms with van der Waals surface area (Å²) in [5.41, 5.74) is -0.102. The van der Waals surface area contributed by atoms with Crippen LogP contribution >= 0.6 is 0 Å². The van der Waals surface area contributed by atoms with Crippen LogP contribution in [-0.2, 0) is 0 Å². The van der Waals surface area contributed by atoms with E-state index in [0.717, 1.165) is 24.3 Å². The average Bonchev–Trinajstić information content (AvgIpc) is 2.82. The highest BCUT2D eigenvalue weighted by atomic mass is 16.3. The lowest BCUT2D eigenvalue weighted by atomic mass is 10.1. The number of nitrogens with zero attached hydrogens (tertiary/aromatic N) is 4. The first-order valence-electron chi connectivity index (χ1n) is 6.87. The molecule has 0 amide bonds. The van der Waals surface area contributed by atoms with E-state index in [9.17, 15) is 5.11 Å². The molecule has 0 spiro atoms. The zero-order valence-corrected chi connectivity index (χ0v) is 12.4. The van der Waals surface area contributed by atoms with Gasteiger partial charge in [-0.05, 0) is 27.7 Å². The van der Waals surface area contributed by atoms with Gasteiger partial charge in [0.2, 0.25) is 5.95 Å². The molecule has 0 unspecified atom stereocenters. The van der Waals surface area contributed by atoms with Crippen molar-refractivity contribution in [1.29, 1.82) is 0 Å². The second kappa shape index (κ2) is 5.62. The van der Waals surface area contributed by atoms with Crippen LogP contribution in [0.15, 0.2) is 6.20 Å². The van der Waals surface area contributed by atoms with Gasteiger partial charge in [0.1, 0.15) is 5.82 Å². The monoisotopic (exact) mass is 278 g/mol. The summed E-state index contributed by atoms with van der Waals surface area (Å²) in [5.74, 6) is 1.35. The summed E-state index contributed by atoms with van der Waals surface area (Å²) < 4.78 is 0. The highest BCUT2D eigenvalue weighted by Gasteiger charge is 2.21. The predicted molar refractivity (Wildman–Crippen MR) is 80.0 cm³/mol. The Morgan fingerprint density at radius 2 is 2.10 bits per heavy atom. The number of aromatic amines is 1. The minimum Gasteiger partial charge on any atom is -0.389 e. The van der Waals surface area contributed by atoms with Gasteiger partial charge in [-0.2, -0.15) is 15.1 Å². The molecule has 0 aliphatic heterocycles. The lowest BCUT2D eigenvalue weighted by Gasteiger charge is -2.29. The van der Waals surface area contributed by atoms with Gasteiger partial charge < -0.3 is 15.3 Å². The maximum absolute atomic E-state index is 10.1. The van der Waals surface area contributed by atoms with Gasteiger partial charge in [0.05, 0.1) is 17.2 Å². The fourth-order valence-electron chi connectivity index (χ4n) is 2.10. The number of nitrogens with one attached hydrogen (secondary N) is 2. The summed E-state index contributed by atoms with van der Waals surface area (Å²) in [6.07, 6.45) is 1.72. The molecule has 2 aromatic heterocycles. The molecule has 0 saturated heterocycles. The molecule has 0 aromatic carbocycles. The van der Waals surface area contributed by atoms with Gasteiger partial charge in [-0.1, -0.05) is 0 Å². The number of aliphatic hydroxyl groups is 1. The topological polar surface area (TPSA) is 90.0 Å². The van der Waals surface area contributed by atoms with Crippen molar-refractivity contribution in [3.05, 3.63) is 6.20 Å². The van der Waals surface area contributed by atoms with E-state index in [-0.39, 0.29) is 0 Å². The maximum atomic E-state index is 10.1. The van der Waals surface area contributed by atoms with Crippen LogP contribution in [0.25, 0.3) is 11.0 Å². The van der Waals surface area contributed by atoms with Gasteiger partial charge in [0.25, 0.3) is 0 Å². The number of hydrogen-bond donors (Lipinski definition) is 3. The normalized spacial score (nSPS) is 11.8. The summed E-state index contributed by atoms with van der Waals surface area (Å²) >= 11 is 0. The maximum Gasteiger partial charge on any atom is 0.226 e. The van der Waals surface area contributed by atoms with Crippen LogP contribution < -0.4 is 10.2 Å². The van der Waals surface area contributed by atoms with Crippen LogP contribution in [0.3, 0.4) is 0 Å². The molecule has 20 heavy (non-hydrogen) atoms. The average molecular weight is 278 g/mol. The zero-order valence-electron chi connectivity index (χ0n) is 12.4. The molecule has 0 aliphatic rings. The highest BCUT2D eigenvalue weighted by molar-refractivity contribution is 5.87. The summed E-state index contributed by atoms with van der Waals surface area (Å²) in [6.45, 7) is 9.58. The fraction of sp³-hybridized carbons (Fsp3) is 0.615. The van der Waals surface area contributed by atoms with Gasteiger partial charge in [-0.25, -0.2) is 0 Å². The van der Waals surface area contributed by atoms with Gasteiger partial charge >= 0.3 is 0 Å². The molecule has 3 N–H and O–H groups in total. The van der Waals surface area contributed by atoms with Crippen molar-refractivity contribution >= 4 is 22.8 Å². The first-order valence-corrected chi connectivity index (χ1v) is 6.87. The number of likely N-dealkylation sites (N-methyl/N-ethyl adjacent to an activating group) is 1.